The van der Waals surface area contributed by atoms with E-state index in [1.807, 2.05) is 0 Å². The first kappa shape index (κ1) is 33.4. The van der Waals surface area contributed by atoms with Gasteiger partial charge in [0.05, 0.1) is 24.3 Å². The van der Waals surface area contributed by atoms with Gasteiger partial charge in [0.2, 0.25) is 0 Å². The van der Waals surface area contributed by atoms with E-state index in [-0.39, 0.29) is 5.97 Å². The summed E-state index contributed by atoms with van der Waals surface area (Å²) in [7, 11) is 0. The van der Waals surface area contributed by atoms with Crippen LogP contribution in [0.25, 0.3) is 0 Å². The summed E-state index contributed by atoms with van der Waals surface area (Å²) in [5.74, 6) is 1.35. The number of esters is 2. The lowest BCUT2D eigenvalue weighted by Gasteiger charge is -2.13. The molecule has 2 rings (SSSR count). The van der Waals surface area contributed by atoms with E-state index in [9.17, 15) is 9.59 Å². The van der Waals surface area contributed by atoms with Crippen molar-refractivity contribution in [2.75, 3.05) is 13.2 Å². The van der Waals surface area contributed by atoms with Crippen LogP contribution in [0.2, 0.25) is 0 Å². The van der Waals surface area contributed by atoms with Crippen LogP contribution in [0.3, 0.4) is 0 Å². The van der Waals surface area contributed by atoms with Gasteiger partial charge in [-0.25, -0.2) is 9.59 Å². The average molecular weight is 553 g/mol. The van der Waals surface area contributed by atoms with Crippen molar-refractivity contribution in [1.29, 1.82) is 0 Å². The van der Waals surface area contributed by atoms with Crippen molar-refractivity contribution in [1.82, 2.24) is 0 Å². The summed E-state index contributed by atoms with van der Waals surface area (Å²) in [6, 6.07) is 13.5. The maximum Gasteiger partial charge on any atom is 0.343 e. The maximum atomic E-state index is 12.6. The second kappa shape index (κ2) is 20.1. The van der Waals surface area contributed by atoms with Gasteiger partial charge in [-0.05, 0) is 73.2 Å². The molecule has 0 N–H and O–H groups in total. The third-order valence-electron chi connectivity index (χ3n) is 7.13. The molecule has 1 atom stereocenters. The Morgan fingerprint density at radius 3 is 1.73 bits per heavy atom. The first-order valence-electron chi connectivity index (χ1n) is 15.6. The molecule has 1 unspecified atom stereocenters. The maximum absolute atomic E-state index is 12.6. The SMILES string of the molecule is CCCCCCCCCCCCOc1ccc(C(=O)Oc2ccc(C(=O)OCC(C)CCCC(C)C)cc2)cc1. The van der Waals surface area contributed by atoms with Crippen LogP contribution in [0, 0.1) is 11.8 Å². The zero-order valence-electron chi connectivity index (χ0n) is 25.4. The van der Waals surface area contributed by atoms with Crippen LogP contribution in [0.4, 0.5) is 0 Å². The highest BCUT2D eigenvalue weighted by Gasteiger charge is 2.13. The van der Waals surface area contributed by atoms with Gasteiger partial charge in [-0.2, -0.15) is 0 Å². The largest absolute Gasteiger partial charge is 0.494 e. The van der Waals surface area contributed by atoms with Crippen molar-refractivity contribution in [2.24, 2.45) is 11.8 Å². The molecule has 40 heavy (non-hydrogen) atoms. The molecule has 0 aromatic heterocycles. The molecule has 222 valence electrons. The fraction of sp³-hybridized carbons (Fsp3) is 0.600. The summed E-state index contributed by atoms with van der Waals surface area (Å²) in [4.78, 5) is 24.9. The van der Waals surface area contributed by atoms with Crippen molar-refractivity contribution in [3.05, 3.63) is 59.7 Å². The fourth-order valence-electron chi connectivity index (χ4n) is 4.55. The number of ether oxygens (including phenoxy) is 3. The van der Waals surface area contributed by atoms with E-state index in [0.29, 0.717) is 41.9 Å². The van der Waals surface area contributed by atoms with Crippen molar-refractivity contribution < 1.29 is 23.8 Å². The van der Waals surface area contributed by atoms with Crippen LogP contribution in [0.5, 0.6) is 11.5 Å². The lowest BCUT2D eigenvalue weighted by molar-refractivity contribution is 0.0442. The Bertz CT molecular complexity index is 949. The van der Waals surface area contributed by atoms with Crippen LogP contribution in [0.1, 0.15) is 132 Å². The Balaban J connectivity index is 1.64. The van der Waals surface area contributed by atoms with E-state index < -0.39 is 5.97 Å². The molecule has 5 nitrogen and oxygen atoms in total. The van der Waals surface area contributed by atoms with Crippen LogP contribution < -0.4 is 9.47 Å². The minimum absolute atomic E-state index is 0.333. The van der Waals surface area contributed by atoms with Crippen molar-refractivity contribution in [3.63, 3.8) is 0 Å². The quantitative estimate of drug-likeness (QED) is 0.0876. The molecule has 0 fully saturated rings. The summed E-state index contributed by atoms with van der Waals surface area (Å²) in [5.41, 5.74) is 0.888. The molecule has 0 spiro atoms. The van der Waals surface area contributed by atoms with Crippen LogP contribution in [-0.4, -0.2) is 25.2 Å². The Morgan fingerprint density at radius 2 is 1.15 bits per heavy atom. The van der Waals surface area contributed by atoms with E-state index in [4.69, 9.17) is 14.2 Å². The first-order valence-corrected chi connectivity index (χ1v) is 15.6. The van der Waals surface area contributed by atoms with Crippen molar-refractivity contribution >= 4 is 11.9 Å². The highest BCUT2D eigenvalue weighted by Crippen LogP contribution is 2.19. The predicted octanol–water partition coefficient (Wildman–Crippen LogP) is 9.82. The minimum Gasteiger partial charge on any atom is -0.494 e. The molecular weight excluding hydrogens is 500 g/mol. The number of unbranched alkanes of at least 4 members (excludes halogenated alkanes) is 9. The van der Waals surface area contributed by atoms with E-state index in [1.54, 1.807) is 48.5 Å². The Labute approximate surface area is 243 Å². The molecular formula is C35H52O5. The minimum atomic E-state index is -0.452. The second-order valence-corrected chi connectivity index (χ2v) is 11.5. The Kier molecular flexibility index (Phi) is 16.8. The average Bonchev–Trinajstić information content (AvgIpc) is 2.95. The van der Waals surface area contributed by atoms with Gasteiger partial charge >= 0.3 is 11.9 Å². The Hall–Kier alpha value is -2.82. The normalized spacial score (nSPS) is 11.8. The molecule has 0 aliphatic rings. The number of carbonyl (C=O) groups excluding carboxylic acids is 2. The molecule has 0 heterocycles. The van der Waals surface area contributed by atoms with Crippen molar-refractivity contribution in [3.8, 4) is 11.5 Å². The molecule has 2 aromatic rings. The lowest BCUT2D eigenvalue weighted by Crippen LogP contribution is -2.13. The third kappa shape index (κ3) is 14.5. The number of hydrogen-bond acceptors (Lipinski definition) is 5. The molecule has 0 saturated heterocycles. The zero-order valence-corrected chi connectivity index (χ0v) is 25.4. The number of carbonyl (C=O) groups is 2. The number of hydrogen-bond donors (Lipinski definition) is 0. The zero-order chi connectivity index (χ0) is 29.0. The Morgan fingerprint density at radius 1 is 0.625 bits per heavy atom. The summed E-state index contributed by atoms with van der Waals surface area (Å²) in [5, 5.41) is 0. The van der Waals surface area contributed by atoms with Crippen LogP contribution in [-0.2, 0) is 4.74 Å². The molecule has 0 saturated carbocycles. The highest BCUT2D eigenvalue weighted by atomic mass is 16.5. The summed E-state index contributed by atoms with van der Waals surface area (Å²) >= 11 is 0. The van der Waals surface area contributed by atoms with Gasteiger partial charge in [0.1, 0.15) is 11.5 Å². The first-order chi connectivity index (χ1) is 19.4. The standard InChI is InChI=1S/C35H52O5/c1-5-6-7-8-9-10-11-12-13-14-26-38-32-22-18-31(19-23-32)35(37)40-33-24-20-30(21-25-33)34(36)39-27-29(4)17-15-16-28(2)3/h18-25,28-29H,5-17,26-27H2,1-4H3. The van der Waals surface area contributed by atoms with Gasteiger partial charge in [0, 0.05) is 0 Å². The fourth-order valence-corrected chi connectivity index (χ4v) is 4.55. The molecule has 5 heteroatoms. The molecule has 0 bridgehead atoms. The predicted molar refractivity (Wildman–Crippen MR) is 163 cm³/mol. The van der Waals surface area contributed by atoms with Crippen molar-refractivity contribution in [2.45, 2.75) is 111 Å². The van der Waals surface area contributed by atoms with Crippen LogP contribution >= 0.6 is 0 Å². The van der Waals surface area contributed by atoms with E-state index in [0.717, 1.165) is 25.0 Å². The van der Waals surface area contributed by atoms with Gasteiger partial charge in [-0.3, -0.25) is 0 Å². The van der Waals surface area contributed by atoms with Crippen LogP contribution in [0.15, 0.2) is 48.5 Å². The van der Waals surface area contributed by atoms with E-state index in [2.05, 4.69) is 27.7 Å². The monoisotopic (exact) mass is 552 g/mol. The summed E-state index contributed by atoms with van der Waals surface area (Å²) in [6.07, 6.45) is 16.3. The summed E-state index contributed by atoms with van der Waals surface area (Å²) < 4.78 is 16.8. The molecule has 2 aromatic carbocycles. The molecule has 0 aliphatic heterocycles. The highest BCUT2D eigenvalue weighted by molar-refractivity contribution is 5.92. The van der Waals surface area contributed by atoms with Gasteiger partial charge < -0.3 is 14.2 Å². The topological polar surface area (TPSA) is 61.8 Å². The summed E-state index contributed by atoms with van der Waals surface area (Å²) in [6.45, 7) is 9.89. The lowest BCUT2D eigenvalue weighted by atomic mass is 10.0. The third-order valence-corrected chi connectivity index (χ3v) is 7.13. The number of benzene rings is 2. The molecule has 0 radical (unpaired) electrons. The second-order valence-electron chi connectivity index (χ2n) is 11.5. The molecule has 0 aliphatic carbocycles. The van der Waals surface area contributed by atoms with Gasteiger partial charge in [0.15, 0.2) is 0 Å². The van der Waals surface area contributed by atoms with E-state index >= 15 is 0 Å². The number of rotatable bonds is 21. The smallest absolute Gasteiger partial charge is 0.343 e. The van der Waals surface area contributed by atoms with Gasteiger partial charge in [-0.1, -0.05) is 98.3 Å². The molecule has 0 amide bonds. The van der Waals surface area contributed by atoms with Gasteiger partial charge in [-0.15, -0.1) is 0 Å². The van der Waals surface area contributed by atoms with E-state index in [1.165, 1.54) is 64.2 Å². The van der Waals surface area contributed by atoms with Gasteiger partial charge in [0.25, 0.3) is 0 Å².